The van der Waals surface area contributed by atoms with Crippen LogP contribution in [0, 0.1) is 3.70 Å². The van der Waals surface area contributed by atoms with Crippen LogP contribution in [-0.4, -0.2) is 22.3 Å². The van der Waals surface area contributed by atoms with Crippen LogP contribution in [0.5, 0.6) is 0 Å². The first kappa shape index (κ1) is 10.5. The summed E-state index contributed by atoms with van der Waals surface area (Å²) in [6.07, 6.45) is 2.25. The third-order valence-corrected chi connectivity index (χ3v) is 2.52. The van der Waals surface area contributed by atoms with Crippen LogP contribution >= 0.6 is 22.6 Å². The minimum atomic E-state index is -0.312. The molecule has 0 aromatic carbocycles. The number of hydrogen-bond donors (Lipinski definition) is 1. The Hall–Kier alpha value is -0.590. The van der Waals surface area contributed by atoms with Crippen molar-refractivity contribution in [3.8, 4) is 0 Å². The third-order valence-electron chi connectivity index (χ3n) is 1.70. The number of hydrogen-bond acceptors (Lipinski definition) is 3. The predicted molar refractivity (Wildman–Crippen MR) is 56.5 cm³/mol. The summed E-state index contributed by atoms with van der Waals surface area (Å²) in [6, 6.07) is 0. The maximum atomic E-state index is 11.4. The Morgan fingerprint density at radius 1 is 1.85 bits per heavy atom. The van der Waals surface area contributed by atoms with Crippen molar-refractivity contribution in [2.75, 3.05) is 0 Å². The Morgan fingerprint density at radius 2 is 2.54 bits per heavy atom. The number of ether oxygens (including phenoxy) is 1. The van der Waals surface area contributed by atoms with Crippen molar-refractivity contribution in [1.82, 2.24) is 10.2 Å². The average molecular weight is 294 g/mol. The van der Waals surface area contributed by atoms with Crippen molar-refractivity contribution in [2.45, 2.75) is 26.4 Å². The highest BCUT2D eigenvalue weighted by Gasteiger charge is 2.15. The van der Waals surface area contributed by atoms with Crippen molar-refractivity contribution >= 4 is 28.6 Å². The summed E-state index contributed by atoms with van der Waals surface area (Å²) >= 11 is 2.01. The minimum Gasteiger partial charge on any atom is -0.459 e. The molecule has 1 N–H and O–H groups in total. The Labute approximate surface area is 90.2 Å². The lowest BCUT2D eigenvalue weighted by atomic mass is 10.3. The zero-order valence-electron chi connectivity index (χ0n) is 7.50. The van der Waals surface area contributed by atoms with E-state index in [1.807, 2.05) is 36.4 Å². The van der Waals surface area contributed by atoms with Gasteiger partial charge >= 0.3 is 5.97 Å². The molecule has 1 atom stereocenters. The summed E-state index contributed by atoms with van der Waals surface area (Å²) in [5.41, 5.74) is 0.501. The molecule has 1 aromatic heterocycles. The molecule has 1 rings (SSSR count). The molecule has 0 aliphatic carbocycles. The van der Waals surface area contributed by atoms with Gasteiger partial charge in [0, 0.05) is 0 Å². The van der Waals surface area contributed by atoms with E-state index in [2.05, 4.69) is 10.2 Å². The van der Waals surface area contributed by atoms with E-state index in [1.165, 1.54) is 6.20 Å². The lowest BCUT2D eigenvalue weighted by molar-refractivity contribution is 0.0333. The lowest BCUT2D eigenvalue weighted by Gasteiger charge is -2.09. The van der Waals surface area contributed by atoms with E-state index in [4.69, 9.17) is 4.74 Å². The van der Waals surface area contributed by atoms with E-state index in [0.29, 0.717) is 9.26 Å². The molecule has 72 valence electrons. The van der Waals surface area contributed by atoms with Crippen molar-refractivity contribution in [2.24, 2.45) is 0 Å². The number of esters is 1. The standard InChI is InChI=1S/C8H11IN2O2/c1-3-5(2)13-8(12)6-4-10-11-7(6)9/h4-5H,3H2,1-2H3,(H,10,11). The normalized spacial score (nSPS) is 12.5. The van der Waals surface area contributed by atoms with E-state index in [9.17, 15) is 4.79 Å². The van der Waals surface area contributed by atoms with Gasteiger partial charge < -0.3 is 4.74 Å². The molecule has 0 spiro atoms. The Morgan fingerprint density at radius 3 is 3.00 bits per heavy atom. The molecule has 4 nitrogen and oxygen atoms in total. The summed E-state index contributed by atoms with van der Waals surface area (Å²) in [6.45, 7) is 3.84. The number of nitrogens with one attached hydrogen (secondary N) is 1. The van der Waals surface area contributed by atoms with Crippen LogP contribution < -0.4 is 0 Å². The van der Waals surface area contributed by atoms with Gasteiger partial charge in [0.15, 0.2) is 0 Å². The van der Waals surface area contributed by atoms with E-state index in [0.717, 1.165) is 6.42 Å². The fraction of sp³-hybridized carbons (Fsp3) is 0.500. The minimum absolute atomic E-state index is 0.0433. The topological polar surface area (TPSA) is 55.0 Å². The number of aromatic nitrogens is 2. The highest BCUT2D eigenvalue weighted by Crippen LogP contribution is 2.10. The van der Waals surface area contributed by atoms with Gasteiger partial charge in [-0.15, -0.1) is 0 Å². The first-order valence-corrected chi connectivity index (χ1v) is 5.12. The second-order valence-corrected chi connectivity index (χ2v) is 3.80. The maximum Gasteiger partial charge on any atom is 0.342 e. The Bertz CT molecular complexity index is 298. The Kier molecular flexibility index (Phi) is 3.71. The van der Waals surface area contributed by atoms with Crippen molar-refractivity contribution in [1.29, 1.82) is 0 Å². The molecule has 0 saturated heterocycles. The third kappa shape index (κ3) is 2.68. The molecular weight excluding hydrogens is 283 g/mol. The van der Waals surface area contributed by atoms with Gasteiger partial charge in [-0.05, 0) is 35.9 Å². The van der Waals surface area contributed by atoms with Gasteiger partial charge in [-0.2, -0.15) is 5.10 Å². The number of aromatic amines is 1. The van der Waals surface area contributed by atoms with Crippen LogP contribution in [0.3, 0.4) is 0 Å². The molecule has 5 heteroatoms. The molecule has 0 saturated carbocycles. The largest absolute Gasteiger partial charge is 0.459 e. The van der Waals surface area contributed by atoms with E-state index in [1.54, 1.807) is 0 Å². The van der Waals surface area contributed by atoms with Crippen LogP contribution in [0.15, 0.2) is 6.20 Å². The van der Waals surface area contributed by atoms with Gasteiger partial charge in [0.2, 0.25) is 0 Å². The fourth-order valence-electron chi connectivity index (χ4n) is 0.742. The zero-order valence-corrected chi connectivity index (χ0v) is 9.66. The number of rotatable bonds is 3. The number of nitrogens with zero attached hydrogens (tertiary/aromatic N) is 1. The molecule has 1 unspecified atom stereocenters. The van der Waals surface area contributed by atoms with Gasteiger partial charge in [-0.3, -0.25) is 5.10 Å². The molecule has 0 aliphatic rings. The highest BCUT2D eigenvalue weighted by atomic mass is 127. The molecule has 0 amide bonds. The van der Waals surface area contributed by atoms with Gasteiger partial charge in [-0.25, -0.2) is 4.79 Å². The lowest BCUT2D eigenvalue weighted by Crippen LogP contribution is -2.14. The average Bonchev–Trinajstić information content (AvgIpc) is 2.51. The molecule has 0 fully saturated rings. The summed E-state index contributed by atoms with van der Waals surface area (Å²) in [5, 5.41) is 6.42. The second-order valence-electron chi connectivity index (χ2n) is 2.72. The number of H-pyrrole nitrogens is 1. The summed E-state index contributed by atoms with van der Waals surface area (Å²) in [5.74, 6) is -0.312. The summed E-state index contributed by atoms with van der Waals surface area (Å²) < 4.78 is 5.83. The fourth-order valence-corrected chi connectivity index (χ4v) is 1.24. The van der Waals surface area contributed by atoms with Crippen molar-refractivity contribution in [3.63, 3.8) is 0 Å². The van der Waals surface area contributed by atoms with E-state index in [-0.39, 0.29) is 12.1 Å². The van der Waals surface area contributed by atoms with Crippen LogP contribution in [0.25, 0.3) is 0 Å². The van der Waals surface area contributed by atoms with Crippen LogP contribution in [0.1, 0.15) is 30.6 Å². The molecule has 1 heterocycles. The number of halogens is 1. The maximum absolute atomic E-state index is 11.4. The molecular formula is C8H11IN2O2. The van der Waals surface area contributed by atoms with Crippen molar-refractivity contribution < 1.29 is 9.53 Å². The molecule has 0 radical (unpaired) electrons. The first-order valence-electron chi connectivity index (χ1n) is 4.05. The Balaban J connectivity index is 2.64. The van der Waals surface area contributed by atoms with Crippen LogP contribution in [0.4, 0.5) is 0 Å². The van der Waals surface area contributed by atoms with Gasteiger partial charge in [0.1, 0.15) is 9.26 Å². The van der Waals surface area contributed by atoms with Gasteiger partial charge in [0.25, 0.3) is 0 Å². The van der Waals surface area contributed by atoms with E-state index < -0.39 is 0 Å². The quantitative estimate of drug-likeness (QED) is 0.685. The number of carbonyl (C=O) groups is 1. The van der Waals surface area contributed by atoms with Gasteiger partial charge in [0.05, 0.1) is 12.3 Å². The molecule has 13 heavy (non-hydrogen) atoms. The highest BCUT2D eigenvalue weighted by molar-refractivity contribution is 14.1. The second kappa shape index (κ2) is 4.59. The van der Waals surface area contributed by atoms with E-state index >= 15 is 0 Å². The monoisotopic (exact) mass is 294 g/mol. The van der Waals surface area contributed by atoms with Gasteiger partial charge in [-0.1, -0.05) is 6.92 Å². The SMILES string of the molecule is CCC(C)OC(=O)c1cn[nH]c1I. The first-order chi connectivity index (χ1) is 6.15. The van der Waals surface area contributed by atoms with Crippen LogP contribution in [-0.2, 0) is 4.74 Å². The molecule has 1 aromatic rings. The molecule has 0 aliphatic heterocycles. The van der Waals surface area contributed by atoms with Crippen LogP contribution in [0.2, 0.25) is 0 Å². The molecule has 0 bridgehead atoms. The predicted octanol–water partition coefficient (Wildman–Crippen LogP) is 1.97. The summed E-state index contributed by atoms with van der Waals surface area (Å²) in [7, 11) is 0. The number of carbonyl (C=O) groups excluding carboxylic acids is 1. The van der Waals surface area contributed by atoms with Crippen molar-refractivity contribution in [3.05, 3.63) is 15.5 Å². The zero-order chi connectivity index (χ0) is 9.84. The smallest absolute Gasteiger partial charge is 0.342 e. The summed E-state index contributed by atoms with van der Waals surface area (Å²) in [4.78, 5) is 11.4.